The maximum Gasteiger partial charge on any atom is 0.338 e. The van der Waals surface area contributed by atoms with Gasteiger partial charge in [-0.25, -0.2) is 14.6 Å². The third-order valence-electron chi connectivity index (χ3n) is 4.35. The van der Waals surface area contributed by atoms with Crippen molar-refractivity contribution in [3.05, 3.63) is 72.1 Å². The first-order valence-corrected chi connectivity index (χ1v) is 9.71. The molecule has 28 heavy (non-hydrogen) atoms. The van der Waals surface area contributed by atoms with Gasteiger partial charge in [0.25, 0.3) is 5.56 Å². The van der Waals surface area contributed by atoms with Crippen LogP contribution in [0.5, 0.6) is 0 Å². The number of nitrogens with zero attached hydrogens (tertiary/aromatic N) is 3. The lowest BCUT2D eigenvalue weighted by Gasteiger charge is -2.23. The van der Waals surface area contributed by atoms with E-state index in [2.05, 4.69) is 27.6 Å². The van der Waals surface area contributed by atoms with Crippen LogP contribution in [-0.2, 0) is 16.8 Å². The van der Waals surface area contributed by atoms with Gasteiger partial charge in [0.2, 0.25) is 0 Å². The van der Waals surface area contributed by atoms with Crippen molar-refractivity contribution in [2.45, 2.75) is 32.9 Å². The van der Waals surface area contributed by atoms with E-state index in [0.29, 0.717) is 16.6 Å². The number of rotatable bonds is 3. The Bertz CT molecular complexity index is 1190. The minimum Gasteiger partial charge on any atom is -0.465 e. The van der Waals surface area contributed by atoms with Crippen molar-refractivity contribution in [2.75, 3.05) is 7.11 Å². The maximum absolute atomic E-state index is 13.2. The number of fused-ring (bicyclic) bond motifs is 1. The standard InChI is InChI=1S/C20H20IN3O4/c1-20(2,3)24-17(25)13-6-5-9-22-16(13)23(19(24)27)11-12-7-8-15(21)14(10-12)18(26)28-4/h5-10H,11H2,1-4H3. The molecule has 1 aromatic carbocycles. The summed E-state index contributed by atoms with van der Waals surface area (Å²) in [6, 6.07) is 8.66. The Balaban J connectivity index is 2.26. The lowest BCUT2D eigenvalue weighted by atomic mass is 10.1. The van der Waals surface area contributed by atoms with E-state index in [9.17, 15) is 14.4 Å². The number of carbonyl (C=O) groups is 1. The lowest BCUT2D eigenvalue weighted by molar-refractivity contribution is 0.0599. The van der Waals surface area contributed by atoms with Crippen LogP contribution in [0.25, 0.3) is 11.0 Å². The van der Waals surface area contributed by atoms with E-state index in [1.807, 2.05) is 26.8 Å². The maximum atomic E-state index is 13.2. The normalized spacial score (nSPS) is 11.6. The number of methoxy groups -OCH3 is 1. The summed E-state index contributed by atoms with van der Waals surface area (Å²) in [6.45, 7) is 5.59. The van der Waals surface area contributed by atoms with Gasteiger partial charge in [0, 0.05) is 15.3 Å². The van der Waals surface area contributed by atoms with Gasteiger partial charge in [-0.05, 0) is 73.2 Å². The van der Waals surface area contributed by atoms with E-state index in [1.165, 1.54) is 16.2 Å². The second kappa shape index (κ2) is 7.50. The summed E-state index contributed by atoms with van der Waals surface area (Å²) >= 11 is 2.06. The van der Waals surface area contributed by atoms with Crippen molar-refractivity contribution in [2.24, 2.45) is 0 Å². The number of esters is 1. The first-order chi connectivity index (χ1) is 13.1. The van der Waals surface area contributed by atoms with Crippen molar-refractivity contribution in [3.63, 3.8) is 0 Å². The van der Waals surface area contributed by atoms with Gasteiger partial charge in [-0.15, -0.1) is 0 Å². The smallest absolute Gasteiger partial charge is 0.338 e. The van der Waals surface area contributed by atoms with Crippen LogP contribution >= 0.6 is 22.6 Å². The number of hydrogen-bond acceptors (Lipinski definition) is 5. The molecule has 0 aliphatic rings. The summed E-state index contributed by atoms with van der Waals surface area (Å²) in [5.74, 6) is -0.443. The summed E-state index contributed by atoms with van der Waals surface area (Å²) in [5, 5.41) is 0.371. The molecule has 7 nitrogen and oxygen atoms in total. The number of benzene rings is 1. The molecular formula is C20H20IN3O4. The molecule has 0 unspecified atom stereocenters. The van der Waals surface area contributed by atoms with E-state index in [-0.39, 0.29) is 12.1 Å². The molecule has 0 aliphatic heterocycles. The highest BCUT2D eigenvalue weighted by atomic mass is 127. The van der Waals surface area contributed by atoms with Gasteiger partial charge in [-0.1, -0.05) is 6.07 Å². The van der Waals surface area contributed by atoms with Gasteiger partial charge in [0.1, 0.15) is 5.65 Å². The summed E-state index contributed by atoms with van der Waals surface area (Å²) in [5.41, 5.74) is -0.0276. The van der Waals surface area contributed by atoms with Crippen molar-refractivity contribution in [1.29, 1.82) is 0 Å². The van der Waals surface area contributed by atoms with Crippen LogP contribution in [0.4, 0.5) is 0 Å². The minimum absolute atomic E-state index is 0.170. The fourth-order valence-electron chi connectivity index (χ4n) is 3.05. The Morgan fingerprint density at radius 2 is 1.93 bits per heavy atom. The fraction of sp³-hybridized carbons (Fsp3) is 0.300. The molecule has 2 heterocycles. The van der Waals surface area contributed by atoms with E-state index >= 15 is 0 Å². The Morgan fingerprint density at radius 3 is 2.57 bits per heavy atom. The van der Waals surface area contributed by atoms with Crippen LogP contribution < -0.4 is 11.2 Å². The van der Waals surface area contributed by atoms with Gasteiger partial charge < -0.3 is 4.74 Å². The topological polar surface area (TPSA) is 83.2 Å². The third-order valence-corrected chi connectivity index (χ3v) is 5.29. The van der Waals surface area contributed by atoms with Crippen LogP contribution in [-0.4, -0.2) is 27.2 Å². The van der Waals surface area contributed by atoms with E-state index < -0.39 is 17.2 Å². The molecule has 0 radical (unpaired) electrons. The Hall–Kier alpha value is -2.49. The number of pyridine rings is 1. The van der Waals surface area contributed by atoms with Gasteiger partial charge in [0.15, 0.2) is 0 Å². The zero-order valence-electron chi connectivity index (χ0n) is 16.0. The first kappa shape index (κ1) is 20.2. The Kier molecular flexibility index (Phi) is 5.42. The van der Waals surface area contributed by atoms with Crippen LogP contribution in [0.1, 0.15) is 36.7 Å². The highest BCUT2D eigenvalue weighted by molar-refractivity contribution is 14.1. The van der Waals surface area contributed by atoms with Gasteiger partial charge in [0.05, 0.1) is 24.6 Å². The van der Waals surface area contributed by atoms with Crippen molar-refractivity contribution < 1.29 is 9.53 Å². The van der Waals surface area contributed by atoms with Crippen molar-refractivity contribution >= 4 is 39.6 Å². The number of halogens is 1. The minimum atomic E-state index is -0.691. The quantitative estimate of drug-likeness (QED) is 0.414. The molecule has 0 saturated heterocycles. The molecule has 2 aromatic heterocycles. The van der Waals surface area contributed by atoms with Gasteiger partial charge in [-0.2, -0.15) is 0 Å². The molecule has 0 bridgehead atoms. The SMILES string of the molecule is COC(=O)c1cc(Cn2c(=O)n(C(C)(C)C)c(=O)c3cccnc32)ccc1I. The summed E-state index contributed by atoms with van der Waals surface area (Å²) in [6.07, 6.45) is 1.55. The number of hydrogen-bond donors (Lipinski definition) is 0. The molecule has 0 atom stereocenters. The molecule has 8 heteroatoms. The third kappa shape index (κ3) is 3.60. The molecule has 0 N–H and O–H groups in total. The number of carbonyl (C=O) groups excluding carboxylic acids is 1. The van der Waals surface area contributed by atoms with Crippen molar-refractivity contribution in [1.82, 2.24) is 14.1 Å². The zero-order chi connectivity index (χ0) is 20.6. The molecule has 0 spiro atoms. The van der Waals surface area contributed by atoms with Crippen LogP contribution in [0.3, 0.4) is 0 Å². The van der Waals surface area contributed by atoms with Crippen LogP contribution in [0.2, 0.25) is 0 Å². The van der Waals surface area contributed by atoms with Gasteiger partial charge >= 0.3 is 11.7 Å². The average Bonchev–Trinajstić information content (AvgIpc) is 2.64. The van der Waals surface area contributed by atoms with Crippen LogP contribution in [0.15, 0.2) is 46.1 Å². The van der Waals surface area contributed by atoms with E-state index in [1.54, 1.807) is 30.5 Å². The molecule has 3 aromatic rings. The number of aromatic nitrogens is 3. The summed E-state index contributed by atoms with van der Waals surface area (Å²) in [4.78, 5) is 42.3. The summed E-state index contributed by atoms with van der Waals surface area (Å²) in [7, 11) is 1.33. The second-order valence-corrected chi connectivity index (χ2v) is 8.52. The highest BCUT2D eigenvalue weighted by Crippen LogP contribution is 2.18. The molecule has 0 aliphatic carbocycles. The van der Waals surface area contributed by atoms with E-state index in [4.69, 9.17) is 4.74 Å². The largest absolute Gasteiger partial charge is 0.465 e. The zero-order valence-corrected chi connectivity index (χ0v) is 18.2. The second-order valence-electron chi connectivity index (χ2n) is 7.36. The predicted octanol–water partition coefficient (Wildman–Crippen LogP) is 2.75. The monoisotopic (exact) mass is 493 g/mol. The number of ether oxygens (including phenoxy) is 1. The Labute approximate surface area is 175 Å². The van der Waals surface area contributed by atoms with Gasteiger partial charge in [-0.3, -0.25) is 13.9 Å². The molecule has 0 amide bonds. The highest BCUT2D eigenvalue weighted by Gasteiger charge is 2.23. The molecule has 146 valence electrons. The average molecular weight is 493 g/mol. The van der Waals surface area contributed by atoms with Crippen molar-refractivity contribution in [3.8, 4) is 0 Å². The molecule has 0 saturated carbocycles. The van der Waals surface area contributed by atoms with E-state index in [0.717, 1.165) is 9.13 Å². The van der Waals surface area contributed by atoms with Crippen LogP contribution in [0, 0.1) is 3.57 Å². The predicted molar refractivity (Wildman–Crippen MR) is 115 cm³/mol. The molecule has 0 fully saturated rings. The lowest BCUT2D eigenvalue weighted by Crippen LogP contribution is -2.48. The molecular weight excluding hydrogens is 473 g/mol. The summed E-state index contributed by atoms with van der Waals surface area (Å²) < 4.78 is 8.28. The first-order valence-electron chi connectivity index (χ1n) is 8.63. The fourth-order valence-corrected chi connectivity index (χ4v) is 3.61. The molecule has 3 rings (SSSR count). The Morgan fingerprint density at radius 1 is 1.21 bits per heavy atom.